The summed E-state index contributed by atoms with van der Waals surface area (Å²) in [6.45, 7) is 1.71. The number of pyridine rings is 1. The van der Waals surface area contributed by atoms with E-state index in [9.17, 15) is 4.79 Å². The topological polar surface area (TPSA) is 68.0 Å². The second-order valence-corrected chi connectivity index (χ2v) is 2.96. The number of aryl methyl sites for hydroxylation is 1. The minimum absolute atomic E-state index is 0.221. The maximum atomic E-state index is 11.6. The van der Waals surface area contributed by atoms with Crippen LogP contribution in [0, 0.1) is 6.92 Å². The lowest BCUT2D eigenvalue weighted by atomic mass is 10.3. The molecule has 0 aromatic carbocycles. The highest BCUT2D eigenvalue weighted by atomic mass is 16.3. The molecule has 0 saturated heterocycles. The Kier molecular flexibility index (Phi) is 2.45. The van der Waals surface area contributed by atoms with E-state index in [1.165, 1.54) is 6.39 Å². The van der Waals surface area contributed by atoms with Crippen LogP contribution < -0.4 is 5.32 Å². The molecule has 0 saturated carbocycles. The largest absolute Gasteiger partial charge is 0.438 e. The molecule has 2 rings (SSSR count). The molecule has 1 amide bonds. The molecule has 0 spiro atoms. The van der Waals surface area contributed by atoms with Crippen LogP contribution in [0.1, 0.15) is 16.2 Å². The highest BCUT2D eigenvalue weighted by Gasteiger charge is 2.13. The van der Waals surface area contributed by atoms with Crippen LogP contribution in [0.25, 0.3) is 0 Å². The zero-order chi connectivity index (χ0) is 10.7. The Morgan fingerprint density at radius 1 is 1.53 bits per heavy atom. The summed E-state index contributed by atoms with van der Waals surface area (Å²) < 4.78 is 4.95. The van der Waals surface area contributed by atoms with Gasteiger partial charge in [0.15, 0.2) is 6.39 Å². The summed E-state index contributed by atoms with van der Waals surface area (Å²) in [5, 5.41) is 2.65. The molecular weight excluding hydrogens is 194 g/mol. The fourth-order valence-corrected chi connectivity index (χ4v) is 1.14. The molecule has 5 heteroatoms. The lowest BCUT2D eigenvalue weighted by Gasteiger charge is -2.01. The third-order valence-electron chi connectivity index (χ3n) is 1.87. The van der Waals surface area contributed by atoms with E-state index in [1.54, 1.807) is 31.5 Å². The van der Waals surface area contributed by atoms with Gasteiger partial charge in [0, 0.05) is 6.20 Å². The van der Waals surface area contributed by atoms with Crippen LogP contribution in [-0.4, -0.2) is 15.9 Å². The van der Waals surface area contributed by atoms with Gasteiger partial charge in [-0.1, -0.05) is 0 Å². The summed E-state index contributed by atoms with van der Waals surface area (Å²) in [4.78, 5) is 19.3. The van der Waals surface area contributed by atoms with E-state index in [1.807, 2.05) is 0 Å². The van der Waals surface area contributed by atoms with Gasteiger partial charge in [0.1, 0.15) is 0 Å². The highest BCUT2D eigenvalue weighted by Crippen LogP contribution is 2.09. The van der Waals surface area contributed by atoms with E-state index < -0.39 is 0 Å². The molecule has 0 bridgehead atoms. The molecule has 0 aliphatic heterocycles. The molecule has 76 valence electrons. The van der Waals surface area contributed by atoms with E-state index in [-0.39, 0.29) is 11.7 Å². The number of aromatic nitrogens is 2. The summed E-state index contributed by atoms with van der Waals surface area (Å²) in [5.74, 6) is -0.100. The van der Waals surface area contributed by atoms with E-state index in [0.29, 0.717) is 11.4 Å². The normalized spacial score (nSPS) is 9.93. The van der Waals surface area contributed by atoms with E-state index >= 15 is 0 Å². The molecule has 15 heavy (non-hydrogen) atoms. The van der Waals surface area contributed by atoms with Crippen molar-refractivity contribution < 1.29 is 9.21 Å². The fourth-order valence-electron chi connectivity index (χ4n) is 1.14. The van der Waals surface area contributed by atoms with Crippen LogP contribution in [-0.2, 0) is 0 Å². The average Bonchev–Trinajstić information content (AvgIpc) is 2.66. The molecule has 0 radical (unpaired) electrons. The smallest absolute Gasteiger partial charge is 0.293 e. The molecular formula is C10H9N3O2. The van der Waals surface area contributed by atoms with Gasteiger partial charge in [0.05, 0.1) is 17.6 Å². The first-order valence-electron chi connectivity index (χ1n) is 4.39. The molecule has 2 aromatic rings. The quantitative estimate of drug-likeness (QED) is 0.805. The van der Waals surface area contributed by atoms with E-state index in [0.717, 1.165) is 0 Å². The second kappa shape index (κ2) is 3.91. The Bertz CT molecular complexity index is 465. The Hall–Kier alpha value is -2.17. The maximum absolute atomic E-state index is 11.6. The number of amides is 1. The maximum Gasteiger partial charge on any atom is 0.293 e. The number of carbonyl (C=O) groups excluding carboxylic acids is 1. The van der Waals surface area contributed by atoms with Crippen molar-refractivity contribution in [2.24, 2.45) is 0 Å². The number of nitrogens with one attached hydrogen (secondary N) is 1. The molecule has 0 aliphatic rings. The van der Waals surface area contributed by atoms with Crippen molar-refractivity contribution in [1.82, 2.24) is 9.97 Å². The van der Waals surface area contributed by atoms with Crippen molar-refractivity contribution in [3.05, 3.63) is 42.4 Å². The molecule has 0 fully saturated rings. The molecule has 0 unspecified atom stereocenters. The Balaban J connectivity index is 2.15. The monoisotopic (exact) mass is 203 g/mol. The van der Waals surface area contributed by atoms with Gasteiger partial charge in [-0.15, -0.1) is 0 Å². The minimum atomic E-state index is -0.321. The van der Waals surface area contributed by atoms with Crippen molar-refractivity contribution >= 4 is 11.6 Å². The fraction of sp³-hybridized carbons (Fsp3) is 0.100. The molecule has 5 nitrogen and oxygen atoms in total. The third-order valence-corrected chi connectivity index (χ3v) is 1.87. The minimum Gasteiger partial charge on any atom is -0.438 e. The van der Waals surface area contributed by atoms with Gasteiger partial charge in [-0.2, -0.15) is 0 Å². The Labute approximate surface area is 86.2 Å². The van der Waals surface area contributed by atoms with Crippen LogP contribution in [0.5, 0.6) is 0 Å². The molecule has 2 aromatic heterocycles. The van der Waals surface area contributed by atoms with Gasteiger partial charge in [0.2, 0.25) is 5.76 Å². The number of hydrogen-bond donors (Lipinski definition) is 1. The molecule has 0 aliphatic carbocycles. The van der Waals surface area contributed by atoms with Crippen LogP contribution in [0.2, 0.25) is 0 Å². The second-order valence-electron chi connectivity index (χ2n) is 2.96. The predicted octanol–water partition coefficient (Wildman–Crippen LogP) is 1.63. The molecule has 2 heterocycles. The number of anilines is 1. The Morgan fingerprint density at radius 3 is 3.00 bits per heavy atom. The molecule has 0 atom stereocenters. The van der Waals surface area contributed by atoms with Crippen molar-refractivity contribution in [3.8, 4) is 0 Å². The first-order valence-corrected chi connectivity index (χ1v) is 4.39. The van der Waals surface area contributed by atoms with Crippen LogP contribution >= 0.6 is 0 Å². The number of nitrogens with zero attached hydrogens (tertiary/aromatic N) is 2. The van der Waals surface area contributed by atoms with E-state index in [4.69, 9.17) is 4.42 Å². The SMILES string of the molecule is Cc1ncoc1C(=O)Nc1cccnc1. The zero-order valence-corrected chi connectivity index (χ0v) is 8.10. The summed E-state index contributed by atoms with van der Waals surface area (Å²) >= 11 is 0. The predicted molar refractivity (Wildman–Crippen MR) is 53.4 cm³/mol. The van der Waals surface area contributed by atoms with Gasteiger partial charge in [-0.3, -0.25) is 9.78 Å². The van der Waals surface area contributed by atoms with E-state index in [2.05, 4.69) is 15.3 Å². The number of carbonyl (C=O) groups is 1. The van der Waals surface area contributed by atoms with Gasteiger partial charge in [-0.05, 0) is 19.1 Å². The first-order chi connectivity index (χ1) is 7.27. The number of rotatable bonds is 2. The molecule has 1 N–H and O–H groups in total. The van der Waals surface area contributed by atoms with Crippen molar-refractivity contribution in [1.29, 1.82) is 0 Å². The zero-order valence-electron chi connectivity index (χ0n) is 8.10. The van der Waals surface area contributed by atoms with Crippen molar-refractivity contribution in [2.75, 3.05) is 5.32 Å². The highest BCUT2D eigenvalue weighted by molar-refractivity contribution is 6.02. The lowest BCUT2D eigenvalue weighted by Crippen LogP contribution is -2.12. The summed E-state index contributed by atoms with van der Waals surface area (Å²) in [6.07, 6.45) is 4.44. The average molecular weight is 203 g/mol. The number of oxazole rings is 1. The number of hydrogen-bond acceptors (Lipinski definition) is 4. The van der Waals surface area contributed by atoms with Gasteiger partial charge in [0.25, 0.3) is 5.91 Å². The van der Waals surface area contributed by atoms with Gasteiger partial charge in [-0.25, -0.2) is 4.98 Å². The summed E-state index contributed by atoms with van der Waals surface area (Å²) in [5.41, 5.74) is 1.19. The lowest BCUT2D eigenvalue weighted by molar-refractivity contribution is 0.0996. The summed E-state index contributed by atoms with van der Waals surface area (Å²) in [7, 11) is 0. The van der Waals surface area contributed by atoms with Crippen molar-refractivity contribution in [3.63, 3.8) is 0 Å². The van der Waals surface area contributed by atoms with Crippen LogP contribution in [0.3, 0.4) is 0 Å². The van der Waals surface area contributed by atoms with Gasteiger partial charge < -0.3 is 9.73 Å². The summed E-state index contributed by atoms with van der Waals surface area (Å²) in [6, 6.07) is 3.49. The van der Waals surface area contributed by atoms with Crippen LogP contribution in [0.15, 0.2) is 35.3 Å². The first kappa shape index (κ1) is 9.39. The van der Waals surface area contributed by atoms with Crippen molar-refractivity contribution in [2.45, 2.75) is 6.92 Å². The van der Waals surface area contributed by atoms with Crippen LogP contribution in [0.4, 0.5) is 5.69 Å². The standard InChI is InChI=1S/C10H9N3O2/c1-7-9(15-6-12-7)10(14)13-8-3-2-4-11-5-8/h2-6H,1H3,(H,13,14). The third kappa shape index (κ3) is 2.01. The Morgan fingerprint density at radius 2 is 2.40 bits per heavy atom. The van der Waals surface area contributed by atoms with Gasteiger partial charge >= 0.3 is 0 Å².